The Morgan fingerprint density at radius 2 is 1.81 bits per heavy atom. The number of amides is 1. The Balaban J connectivity index is 2.02. The van der Waals surface area contributed by atoms with Gasteiger partial charge in [0.05, 0.1) is 6.10 Å². The van der Waals surface area contributed by atoms with E-state index in [1.165, 1.54) is 0 Å². The van der Waals surface area contributed by atoms with Crippen LogP contribution in [0, 0.1) is 20.8 Å². The fraction of sp³-hybridized carbons (Fsp3) is 0.278. The smallest absolute Gasteiger partial charge is 0.251 e. The molecule has 0 bridgehead atoms. The average Bonchev–Trinajstić information content (AvgIpc) is 2.45. The summed E-state index contributed by atoms with van der Waals surface area (Å²) in [7, 11) is 0. The molecule has 0 aliphatic heterocycles. The van der Waals surface area contributed by atoms with Crippen LogP contribution in [0.1, 0.15) is 38.7 Å². The summed E-state index contributed by atoms with van der Waals surface area (Å²) in [4.78, 5) is 12.2. The zero-order chi connectivity index (χ0) is 15.4. The molecule has 0 aliphatic carbocycles. The topological polar surface area (TPSA) is 49.3 Å². The summed E-state index contributed by atoms with van der Waals surface area (Å²) in [5.74, 6) is -0.153. The number of carbonyl (C=O) groups excluding carboxylic acids is 1. The lowest BCUT2D eigenvalue weighted by molar-refractivity contribution is 0.0915. The lowest BCUT2D eigenvalue weighted by Gasteiger charge is -2.15. The van der Waals surface area contributed by atoms with Crippen molar-refractivity contribution < 1.29 is 9.90 Å². The van der Waals surface area contributed by atoms with Gasteiger partial charge in [0.25, 0.3) is 5.91 Å². The first-order valence-corrected chi connectivity index (χ1v) is 7.08. The highest BCUT2D eigenvalue weighted by atomic mass is 16.3. The third-order valence-electron chi connectivity index (χ3n) is 3.63. The Morgan fingerprint density at radius 3 is 2.48 bits per heavy atom. The van der Waals surface area contributed by atoms with E-state index in [2.05, 4.69) is 5.32 Å². The summed E-state index contributed by atoms with van der Waals surface area (Å²) < 4.78 is 0. The maximum atomic E-state index is 12.2. The predicted molar refractivity (Wildman–Crippen MR) is 84.4 cm³/mol. The van der Waals surface area contributed by atoms with Crippen molar-refractivity contribution in [1.29, 1.82) is 0 Å². The first-order chi connectivity index (χ1) is 9.99. The maximum Gasteiger partial charge on any atom is 0.251 e. The van der Waals surface area contributed by atoms with Crippen molar-refractivity contribution in [3.8, 4) is 0 Å². The minimum atomic E-state index is -0.694. The quantitative estimate of drug-likeness (QED) is 0.906. The molecule has 21 heavy (non-hydrogen) atoms. The average molecular weight is 283 g/mol. The molecule has 0 radical (unpaired) electrons. The molecule has 0 spiro atoms. The van der Waals surface area contributed by atoms with E-state index >= 15 is 0 Å². The molecule has 0 fully saturated rings. The van der Waals surface area contributed by atoms with E-state index in [0.29, 0.717) is 5.56 Å². The molecule has 0 heterocycles. The molecule has 1 atom stereocenters. The molecule has 1 amide bonds. The van der Waals surface area contributed by atoms with E-state index in [1.54, 1.807) is 0 Å². The number of aryl methyl sites for hydroxylation is 3. The Labute approximate surface area is 125 Å². The Kier molecular flexibility index (Phi) is 4.76. The van der Waals surface area contributed by atoms with Gasteiger partial charge in [0.15, 0.2) is 0 Å². The van der Waals surface area contributed by atoms with Crippen LogP contribution in [0.2, 0.25) is 0 Å². The molecule has 1 unspecified atom stereocenters. The molecule has 2 aromatic carbocycles. The fourth-order valence-corrected chi connectivity index (χ4v) is 2.42. The second-order valence-electron chi connectivity index (χ2n) is 5.40. The molecule has 2 aromatic rings. The summed E-state index contributed by atoms with van der Waals surface area (Å²) in [6.07, 6.45) is -0.694. The van der Waals surface area contributed by atoms with Gasteiger partial charge in [0.2, 0.25) is 0 Å². The van der Waals surface area contributed by atoms with E-state index in [9.17, 15) is 9.90 Å². The number of aliphatic hydroxyl groups excluding tert-OH is 1. The van der Waals surface area contributed by atoms with Gasteiger partial charge in [0.1, 0.15) is 0 Å². The molecular weight excluding hydrogens is 262 g/mol. The molecule has 0 saturated carbocycles. The summed E-state index contributed by atoms with van der Waals surface area (Å²) >= 11 is 0. The van der Waals surface area contributed by atoms with Gasteiger partial charge in [-0.1, -0.05) is 42.0 Å². The van der Waals surface area contributed by atoms with Gasteiger partial charge in [-0.15, -0.1) is 0 Å². The molecule has 3 nitrogen and oxygen atoms in total. The summed E-state index contributed by atoms with van der Waals surface area (Å²) in [5.41, 5.74) is 4.59. The van der Waals surface area contributed by atoms with Crippen LogP contribution in [-0.4, -0.2) is 17.6 Å². The number of aliphatic hydroxyl groups is 1. The first-order valence-electron chi connectivity index (χ1n) is 7.08. The maximum absolute atomic E-state index is 12.2. The Morgan fingerprint density at radius 1 is 1.10 bits per heavy atom. The molecule has 0 aromatic heterocycles. The van der Waals surface area contributed by atoms with Crippen molar-refractivity contribution in [2.45, 2.75) is 26.9 Å². The van der Waals surface area contributed by atoms with Crippen molar-refractivity contribution in [2.75, 3.05) is 6.54 Å². The van der Waals surface area contributed by atoms with Crippen molar-refractivity contribution in [2.24, 2.45) is 0 Å². The van der Waals surface area contributed by atoms with Gasteiger partial charge >= 0.3 is 0 Å². The number of benzene rings is 2. The highest BCUT2D eigenvalue weighted by molar-refractivity contribution is 5.95. The van der Waals surface area contributed by atoms with E-state index in [0.717, 1.165) is 22.3 Å². The van der Waals surface area contributed by atoms with Crippen LogP contribution < -0.4 is 5.32 Å². The van der Waals surface area contributed by atoms with Crippen molar-refractivity contribution in [3.63, 3.8) is 0 Å². The lowest BCUT2D eigenvalue weighted by atomic mass is 10.0. The number of hydrogen-bond acceptors (Lipinski definition) is 2. The zero-order valence-corrected chi connectivity index (χ0v) is 12.7. The van der Waals surface area contributed by atoms with Gasteiger partial charge in [-0.25, -0.2) is 0 Å². The van der Waals surface area contributed by atoms with Crippen LogP contribution in [0.15, 0.2) is 42.5 Å². The zero-order valence-electron chi connectivity index (χ0n) is 12.7. The van der Waals surface area contributed by atoms with E-state index in [-0.39, 0.29) is 12.5 Å². The summed E-state index contributed by atoms with van der Waals surface area (Å²) in [5, 5.41) is 13.0. The standard InChI is InChI=1S/C18H21NO2/c1-12-8-9-16(14(3)10-12)18(21)19-11-17(20)15-7-5-4-6-13(15)2/h4-10,17,20H,11H2,1-3H3,(H,19,21). The van der Waals surface area contributed by atoms with Crippen LogP contribution >= 0.6 is 0 Å². The predicted octanol–water partition coefficient (Wildman–Crippen LogP) is 3.08. The minimum absolute atomic E-state index is 0.153. The lowest BCUT2D eigenvalue weighted by Crippen LogP contribution is -2.29. The summed E-state index contributed by atoms with van der Waals surface area (Å²) in [6, 6.07) is 13.4. The van der Waals surface area contributed by atoms with E-state index in [4.69, 9.17) is 0 Å². The molecule has 110 valence electrons. The molecule has 0 saturated heterocycles. The third-order valence-corrected chi connectivity index (χ3v) is 3.63. The second kappa shape index (κ2) is 6.55. The van der Waals surface area contributed by atoms with Gasteiger partial charge in [-0.05, 0) is 43.5 Å². The number of rotatable bonds is 4. The van der Waals surface area contributed by atoms with Gasteiger partial charge in [0, 0.05) is 12.1 Å². The van der Waals surface area contributed by atoms with Gasteiger partial charge in [-0.2, -0.15) is 0 Å². The third kappa shape index (κ3) is 3.70. The van der Waals surface area contributed by atoms with E-state index in [1.807, 2.05) is 63.2 Å². The molecule has 3 heteroatoms. The van der Waals surface area contributed by atoms with Crippen molar-refractivity contribution in [1.82, 2.24) is 5.32 Å². The number of hydrogen-bond donors (Lipinski definition) is 2. The summed E-state index contributed by atoms with van der Waals surface area (Å²) in [6.45, 7) is 6.07. The monoisotopic (exact) mass is 283 g/mol. The normalized spacial score (nSPS) is 12.0. The SMILES string of the molecule is Cc1ccc(C(=O)NCC(O)c2ccccc2C)c(C)c1. The van der Waals surface area contributed by atoms with Crippen LogP contribution in [0.25, 0.3) is 0 Å². The van der Waals surface area contributed by atoms with Crippen LogP contribution in [0.5, 0.6) is 0 Å². The van der Waals surface area contributed by atoms with Crippen molar-refractivity contribution >= 4 is 5.91 Å². The Hall–Kier alpha value is -2.13. The minimum Gasteiger partial charge on any atom is -0.387 e. The highest BCUT2D eigenvalue weighted by Gasteiger charge is 2.13. The second-order valence-corrected chi connectivity index (χ2v) is 5.40. The highest BCUT2D eigenvalue weighted by Crippen LogP contribution is 2.17. The van der Waals surface area contributed by atoms with Gasteiger partial charge in [-0.3, -0.25) is 4.79 Å². The van der Waals surface area contributed by atoms with Crippen molar-refractivity contribution in [3.05, 3.63) is 70.3 Å². The van der Waals surface area contributed by atoms with E-state index < -0.39 is 6.10 Å². The molecular formula is C18H21NO2. The van der Waals surface area contributed by atoms with Gasteiger partial charge < -0.3 is 10.4 Å². The molecule has 2 rings (SSSR count). The number of nitrogens with one attached hydrogen (secondary N) is 1. The van der Waals surface area contributed by atoms with Crippen LogP contribution in [0.3, 0.4) is 0 Å². The molecule has 2 N–H and O–H groups in total. The largest absolute Gasteiger partial charge is 0.387 e. The first kappa shape index (κ1) is 15.3. The fourth-order valence-electron chi connectivity index (χ4n) is 2.42. The Bertz CT molecular complexity index is 649. The number of carbonyl (C=O) groups is 1. The molecule has 0 aliphatic rings. The van der Waals surface area contributed by atoms with Crippen LogP contribution in [-0.2, 0) is 0 Å². The van der Waals surface area contributed by atoms with Crippen LogP contribution in [0.4, 0.5) is 0 Å².